The van der Waals surface area contributed by atoms with Gasteiger partial charge in [0.1, 0.15) is 28.6 Å². The fraction of sp³-hybridized carbons (Fsp3) is 0.0323. The molecule has 0 unspecified atom stereocenters. The SMILES string of the molecule is [C-]#[N+]/C(C#N)=C1\N=c2ccc(-c3nc(/C(C)=C4/N=c5cc(F)cc([N+]#[C-])c5=N4)nc(-c4nc5ccc(F)cc5o4)n3)c(C#N)c2=N1. The largest absolute Gasteiger partial charge is 0.433 e. The van der Waals surface area contributed by atoms with Crippen LogP contribution < -0.4 is 21.4 Å². The Morgan fingerprint density at radius 2 is 1.61 bits per heavy atom. The van der Waals surface area contributed by atoms with Gasteiger partial charge >= 0.3 is 5.70 Å². The first-order chi connectivity index (χ1) is 22.3. The van der Waals surface area contributed by atoms with Gasteiger partial charge in [-0.05, 0) is 43.3 Å². The molecule has 4 heterocycles. The topological polar surface area (TPSA) is 170 Å². The molecule has 0 aliphatic carbocycles. The average molecular weight is 604 g/mol. The highest BCUT2D eigenvalue weighted by Gasteiger charge is 2.23. The van der Waals surface area contributed by atoms with Gasteiger partial charge in [0.2, 0.25) is 11.5 Å². The number of hydrogen-bond donors (Lipinski definition) is 0. The van der Waals surface area contributed by atoms with E-state index in [9.17, 15) is 19.3 Å². The number of aromatic nitrogens is 4. The van der Waals surface area contributed by atoms with Gasteiger partial charge in [0.25, 0.3) is 5.89 Å². The van der Waals surface area contributed by atoms with E-state index in [1.165, 1.54) is 24.3 Å². The summed E-state index contributed by atoms with van der Waals surface area (Å²) in [4.78, 5) is 41.8. The molecule has 0 radical (unpaired) electrons. The number of halogens is 2. The van der Waals surface area contributed by atoms with Crippen LogP contribution in [0.1, 0.15) is 18.3 Å². The van der Waals surface area contributed by atoms with Crippen LogP contribution in [0.5, 0.6) is 0 Å². The number of allylic oxidation sites excluding steroid dienone is 2. The first-order valence-electron chi connectivity index (χ1n) is 13.0. The fourth-order valence-corrected chi connectivity index (χ4v) is 4.68. The molecule has 0 saturated carbocycles. The highest BCUT2D eigenvalue weighted by Crippen LogP contribution is 2.28. The molecule has 2 aliphatic rings. The summed E-state index contributed by atoms with van der Waals surface area (Å²) in [5.41, 5.74) is 0.631. The van der Waals surface area contributed by atoms with E-state index in [4.69, 9.17) is 17.6 Å². The van der Waals surface area contributed by atoms with E-state index in [0.29, 0.717) is 11.1 Å². The Kier molecular flexibility index (Phi) is 6.22. The molecule has 46 heavy (non-hydrogen) atoms. The predicted octanol–water partition coefficient (Wildman–Crippen LogP) is 3.55. The molecule has 0 spiro atoms. The summed E-state index contributed by atoms with van der Waals surface area (Å²) in [5, 5.41) is 20.2. The number of oxazole rings is 1. The van der Waals surface area contributed by atoms with Crippen molar-refractivity contribution in [2.75, 3.05) is 0 Å². The first kappa shape index (κ1) is 27.5. The molecule has 7 rings (SSSR count). The fourth-order valence-electron chi connectivity index (χ4n) is 4.68. The van der Waals surface area contributed by atoms with Crippen molar-refractivity contribution in [1.29, 1.82) is 10.5 Å². The zero-order valence-electron chi connectivity index (χ0n) is 23.1. The van der Waals surface area contributed by atoms with Crippen molar-refractivity contribution < 1.29 is 13.2 Å². The summed E-state index contributed by atoms with van der Waals surface area (Å²) >= 11 is 0. The molecule has 15 heteroatoms. The van der Waals surface area contributed by atoms with E-state index in [1.54, 1.807) is 13.0 Å². The Balaban J connectivity index is 1.48. The number of fused-ring (bicyclic) bond motifs is 3. The van der Waals surface area contributed by atoms with E-state index >= 15 is 0 Å². The third kappa shape index (κ3) is 4.42. The number of benzene rings is 3. The van der Waals surface area contributed by atoms with Crippen molar-refractivity contribution in [3.05, 3.63) is 127 Å². The van der Waals surface area contributed by atoms with Crippen molar-refractivity contribution >= 4 is 22.4 Å². The van der Waals surface area contributed by atoms with Gasteiger partial charge < -0.3 is 4.42 Å². The first-order valence-corrected chi connectivity index (χ1v) is 13.0. The minimum Gasteiger partial charge on any atom is -0.433 e. The summed E-state index contributed by atoms with van der Waals surface area (Å²) in [6, 6.07) is 12.9. The van der Waals surface area contributed by atoms with E-state index in [1.807, 2.05) is 0 Å². The van der Waals surface area contributed by atoms with Crippen molar-refractivity contribution in [2.24, 2.45) is 20.0 Å². The third-order valence-electron chi connectivity index (χ3n) is 6.83. The minimum atomic E-state index is -0.645. The summed E-state index contributed by atoms with van der Waals surface area (Å²) in [6.07, 6.45) is 0. The van der Waals surface area contributed by atoms with E-state index in [-0.39, 0.29) is 84.5 Å². The van der Waals surface area contributed by atoms with Gasteiger partial charge in [0, 0.05) is 17.2 Å². The molecule has 0 amide bonds. The van der Waals surface area contributed by atoms with Crippen LogP contribution in [0.4, 0.5) is 14.5 Å². The second kappa shape index (κ2) is 10.4. The molecule has 0 saturated heterocycles. The summed E-state index contributed by atoms with van der Waals surface area (Å²) < 4.78 is 33.8. The van der Waals surface area contributed by atoms with Crippen molar-refractivity contribution in [3.63, 3.8) is 0 Å². The van der Waals surface area contributed by atoms with Gasteiger partial charge in [0.15, 0.2) is 28.9 Å². The number of rotatable bonds is 3. The molecule has 5 aromatic rings. The van der Waals surface area contributed by atoms with Gasteiger partial charge in [-0.3, -0.25) is 0 Å². The highest BCUT2D eigenvalue weighted by atomic mass is 19.1. The molecule has 0 bridgehead atoms. The Hall–Kier alpha value is -7.36. The molecule has 13 nitrogen and oxygen atoms in total. The number of nitrogens with zero attached hydrogens (tertiary/aromatic N) is 12. The molecular weight excluding hydrogens is 594 g/mol. The Bertz CT molecular complexity index is 2720. The lowest BCUT2D eigenvalue weighted by Gasteiger charge is -2.08. The molecule has 3 aromatic carbocycles. The van der Waals surface area contributed by atoms with E-state index in [2.05, 4.69) is 55.7 Å². The molecule has 0 fully saturated rings. The summed E-state index contributed by atoms with van der Waals surface area (Å²) in [7, 11) is 0. The van der Waals surface area contributed by atoms with E-state index in [0.717, 1.165) is 18.2 Å². The number of nitriles is 2. The minimum absolute atomic E-state index is 0.00591. The maximum atomic E-state index is 14.1. The van der Waals surface area contributed by atoms with Gasteiger partial charge in [-0.1, -0.05) is 0 Å². The summed E-state index contributed by atoms with van der Waals surface area (Å²) in [5.74, 6) is -1.35. The zero-order valence-corrected chi connectivity index (χ0v) is 23.1. The van der Waals surface area contributed by atoms with Crippen LogP contribution in [-0.4, -0.2) is 19.9 Å². The second-order valence-corrected chi connectivity index (χ2v) is 9.60. The number of hydrogen-bond acceptors (Lipinski definition) is 11. The maximum absolute atomic E-state index is 14.1. The van der Waals surface area contributed by atoms with Crippen LogP contribution in [0.3, 0.4) is 0 Å². The quantitative estimate of drug-likeness (QED) is 0.224. The van der Waals surface area contributed by atoms with Crippen LogP contribution in [0, 0.1) is 47.4 Å². The van der Waals surface area contributed by atoms with E-state index < -0.39 is 11.6 Å². The Morgan fingerprint density at radius 1 is 0.826 bits per heavy atom. The van der Waals surface area contributed by atoms with Crippen LogP contribution >= 0.6 is 0 Å². The van der Waals surface area contributed by atoms with Crippen molar-refractivity contribution in [1.82, 2.24) is 19.9 Å². The Labute approximate surface area is 255 Å². The van der Waals surface area contributed by atoms with Crippen LogP contribution in [-0.2, 0) is 0 Å². The van der Waals surface area contributed by atoms with Gasteiger partial charge in [-0.25, -0.2) is 63.6 Å². The molecular formula is C31H10F2N12O. The summed E-state index contributed by atoms with van der Waals surface area (Å²) in [6.45, 7) is 16.2. The van der Waals surface area contributed by atoms with Crippen molar-refractivity contribution in [2.45, 2.75) is 6.92 Å². The lowest BCUT2D eigenvalue weighted by molar-refractivity contribution is 0.598. The molecule has 0 N–H and O–H groups in total. The Morgan fingerprint density at radius 3 is 2.37 bits per heavy atom. The van der Waals surface area contributed by atoms with Gasteiger partial charge in [0.05, 0.1) is 40.8 Å². The molecule has 0 atom stereocenters. The predicted molar refractivity (Wildman–Crippen MR) is 152 cm³/mol. The second-order valence-electron chi connectivity index (χ2n) is 9.60. The smallest absolute Gasteiger partial charge is 0.305 e. The molecule has 2 aliphatic heterocycles. The molecule has 214 valence electrons. The monoisotopic (exact) mass is 604 g/mol. The van der Waals surface area contributed by atoms with Crippen molar-refractivity contribution in [3.8, 4) is 35.2 Å². The van der Waals surface area contributed by atoms with Gasteiger partial charge in [-0.15, -0.1) is 0 Å². The lowest BCUT2D eigenvalue weighted by Crippen LogP contribution is -2.25. The highest BCUT2D eigenvalue weighted by molar-refractivity contribution is 5.76. The standard InChI is InChI=1S/C31H10F2N12O/c1-13(26-39-21-9-15(33)8-20(36-2)25(21)42-26)27-43-28(45-30(44-27)31-40-18-6-4-14(32)10-23(18)46-31)16-5-7-19-24(17(16)11-34)41-29(38-19)22(12-35)37-3/h4-10H,1H3/b26-13-,29-22+. The van der Waals surface area contributed by atoms with Crippen LogP contribution in [0.25, 0.3) is 49.5 Å². The zero-order chi connectivity index (χ0) is 32.1. The van der Waals surface area contributed by atoms with Crippen LogP contribution in [0.15, 0.2) is 84.2 Å². The normalized spacial score (nSPS) is 14.7. The maximum Gasteiger partial charge on any atom is 0.305 e. The van der Waals surface area contributed by atoms with Crippen LogP contribution in [0.2, 0.25) is 0 Å². The third-order valence-corrected chi connectivity index (χ3v) is 6.83. The average Bonchev–Trinajstić information content (AvgIpc) is 3.80. The molecule has 2 aromatic heterocycles. The van der Waals surface area contributed by atoms with Gasteiger partial charge in [-0.2, -0.15) is 5.26 Å². The lowest BCUT2D eigenvalue weighted by atomic mass is 10.1.